The second-order valence-electron chi connectivity index (χ2n) is 6.77. The quantitative estimate of drug-likeness (QED) is 0.449. The smallest absolute Gasteiger partial charge is 0.0814 e. The molecule has 0 aliphatic heterocycles. The molecule has 1 heteroatoms. The van der Waals surface area contributed by atoms with Crippen LogP contribution in [-0.2, 0) is 0 Å². The van der Waals surface area contributed by atoms with Gasteiger partial charge in [0.15, 0.2) is 0 Å². The van der Waals surface area contributed by atoms with Crippen molar-refractivity contribution in [1.82, 2.24) is 0 Å². The lowest BCUT2D eigenvalue weighted by atomic mass is 9.14. The van der Waals surface area contributed by atoms with E-state index in [1.807, 2.05) is 0 Å². The van der Waals surface area contributed by atoms with E-state index in [2.05, 4.69) is 97.9 Å². The minimum absolute atomic E-state index is 0.921. The fourth-order valence-electron chi connectivity index (χ4n) is 4.12. The van der Waals surface area contributed by atoms with Crippen molar-refractivity contribution in [3.63, 3.8) is 0 Å². The van der Waals surface area contributed by atoms with Gasteiger partial charge in [-0.15, -0.1) is 0 Å². The van der Waals surface area contributed by atoms with E-state index in [1.165, 1.54) is 42.0 Å². The minimum Gasteiger partial charge on any atom is -0.200 e. The van der Waals surface area contributed by atoms with Crippen molar-refractivity contribution >= 4 is 22.5 Å². The molecule has 0 amide bonds. The standard InChI is InChI=1S/C23H26B/c1-2-3-13-20-24(21-14-7-4-8-15-21,22-16-9-5-10-17-22)23-18-11-6-12-19-23/h4-12,14-19H,2-3,13,20H2,1H3/q-1. The van der Waals surface area contributed by atoms with Crippen molar-refractivity contribution in [2.24, 2.45) is 0 Å². The summed E-state index contributed by atoms with van der Waals surface area (Å²) in [4.78, 5) is 0. The Labute approximate surface area is 146 Å². The van der Waals surface area contributed by atoms with E-state index in [9.17, 15) is 0 Å². The molecule has 24 heavy (non-hydrogen) atoms. The number of unbranched alkanes of at least 4 members (excludes halogenated alkanes) is 2. The number of benzene rings is 3. The molecule has 0 saturated carbocycles. The van der Waals surface area contributed by atoms with Gasteiger partial charge in [0.1, 0.15) is 0 Å². The topological polar surface area (TPSA) is 0 Å². The van der Waals surface area contributed by atoms with E-state index < -0.39 is 6.15 Å². The summed E-state index contributed by atoms with van der Waals surface area (Å²) >= 11 is 0. The molecule has 0 unspecified atom stereocenters. The predicted octanol–water partition coefficient (Wildman–Crippen LogP) is 4.35. The molecule has 122 valence electrons. The van der Waals surface area contributed by atoms with E-state index in [4.69, 9.17) is 0 Å². The van der Waals surface area contributed by atoms with Crippen LogP contribution in [0.15, 0.2) is 91.0 Å². The van der Waals surface area contributed by atoms with Crippen molar-refractivity contribution in [2.75, 3.05) is 0 Å². The predicted molar refractivity (Wildman–Crippen MR) is 108 cm³/mol. The molecule has 0 bridgehead atoms. The van der Waals surface area contributed by atoms with Crippen LogP contribution in [0, 0.1) is 0 Å². The highest BCUT2D eigenvalue weighted by molar-refractivity contribution is 7.11. The molecule has 0 radical (unpaired) electrons. The van der Waals surface area contributed by atoms with Crippen LogP contribution in [0.4, 0.5) is 0 Å². The van der Waals surface area contributed by atoms with Crippen LogP contribution in [0.2, 0.25) is 6.32 Å². The third kappa shape index (κ3) is 3.31. The van der Waals surface area contributed by atoms with Crippen molar-refractivity contribution in [2.45, 2.75) is 32.5 Å². The molecule has 0 aliphatic carbocycles. The van der Waals surface area contributed by atoms with Gasteiger partial charge in [0.05, 0.1) is 6.15 Å². The van der Waals surface area contributed by atoms with Gasteiger partial charge in [0, 0.05) is 0 Å². The van der Waals surface area contributed by atoms with Gasteiger partial charge in [-0.2, -0.15) is 22.7 Å². The monoisotopic (exact) mass is 313 g/mol. The molecule has 0 aromatic heterocycles. The molecule has 0 saturated heterocycles. The van der Waals surface area contributed by atoms with E-state index in [0.29, 0.717) is 0 Å². The second kappa shape index (κ2) is 8.01. The van der Waals surface area contributed by atoms with Gasteiger partial charge in [-0.1, -0.05) is 117 Å². The van der Waals surface area contributed by atoms with Crippen LogP contribution in [0.1, 0.15) is 26.2 Å². The fraction of sp³-hybridized carbons (Fsp3) is 0.217. The highest BCUT2D eigenvalue weighted by Crippen LogP contribution is 2.17. The summed E-state index contributed by atoms with van der Waals surface area (Å²) < 4.78 is 0. The van der Waals surface area contributed by atoms with Gasteiger partial charge in [-0.3, -0.25) is 0 Å². The molecule has 0 nitrogen and oxygen atoms in total. The Bertz CT molecular complexity index is 623. The molecule has 3 rings (SSSR count). The number of rotatable bonds is 7. The maximum absolute atomic E-state index is 2.31. The zero-order valence-corrected chi connectivity index (χ0v) is 14.6. The fourth-order valence-corrected chi connectivity index (χ4v) is 4.12. The molecule has 0 aliphatic rings. The second-order valence-corrected chi connectivity index (χ2v) is 6.77. The summed E-state index contributed by atoms with van der Waals surface area (Å²) in [7, 11) is 0. The van der Waals surface area contributed by atoms with E-state index in [0.717, 1.165) is 0 Å². The Morgan fingerprint density at radius 3 is 1.25 bits per heavy atom. The molecular formula is C23H26B-. The Kier molecular flexibility index (Phi) is 5.53. The van der Waals surface area contributed by atoms with Gasteiger partial charge < -0.3 is 0 Å². The first kappa shape index (κ1) is 16.6. The Morgan fingerprint density at radius 1 is 0.542 bits per heavy atom. The van der Waals surface area contributed by atoms with E-state index >= 15 is 0 Å². The largest absolute Gasteiger partial charge is 0.200 e. The average Bonchev–Trinajstić information content (AvgIpc) is 2.68. The Balaban J connectivity index is 2.20. The molecule has 0 heterocycles. The molecule has 3 aromatic carbocycles. The van der Waals surface area contributed by atoms with Gasteiger partial charge in [0.25, 0.3) is 0 Å². The van der Waals surface area contributed by atoms with Gasteiger partial charge in [0.2, 0.25) is 0 Å². The lowest BCUT2D eigenvalue weighted by molar-refractivity contribution is 0.766. The summed E-state index contributed by atoms with van der Waals surface area (Å²) in [5.41, 5.74) is 4.35. The SMILES string of the molecule is CCCCC[B-](c1ccccc1)(c1ccccc1)c1ccccc1. The highest BCUT2D eigenvalue weighted by atomic mass is 14.1. The van der Waals surface area contributed by atoms with Crippen LogP contribution >= 0.6 is 0 Å². The molecule has 0 fully saturated rings. The average molecular weight is 313 g/mol. The summed E-state index contributed by atoms with van der Waals surface area (Å²) in [5, 5.41) is 0. The normalized spacial score (nSPS) is 11.4. The van der Waals surface area contributed by atoms with Crippen LogP contribution in [-0.4, -0.2) is 6.15 Å². The van der Waals surface area contributed by atoms with Gasteiger partial charge in [-0.05, 0) is 0 Å². The molecule has 3 aromatic rings. The van der Waals surface area contributed by atoms with Crippen LogP contribution in [0.25, 0.3) is 0 Å². The first-order chi connectivity index (χ1) is 11.9. The summed E-state index contributed by atoms with van der Waals surface area (Å²) in [6.45, 7) is 2.28. The first-order valence-corrected chi connectivity index (χ1v) is 9.21. The van der Waals surface area contributed by atoms with Crippen molar-refractivity contribution in [3.05, 3.63) is 91.0 Å². The molecule has 0 atom stereocenters. The van der Waals surface area contributed by atoms with Gasteiger partial charge in [-0.25, -0.2) is 0 Å². The lowest BCUT2D eigenvalue weighted by Crippen LogP contribution is -2.66. The molecular weight excluding hydrogens is 287 g/mol. The maximum Gasteiger partial charge on any atom is 0.0814 e. The van der Waals surface area contributed by atoms with Crippen LogP contribution < -0.4 is 16.4 Å². The molecule has 0 spiro atoms. The number of hydrogen-bond donors (Lipinski definition) is 0. The Morgan fingerprint density at radius 2 is 0.917 bits per heavy atom. The maximum atomic E-state index is 2.31. The Hall–Kier alpha value is -2.28. The zero-order chi connectivity index (χ0) is 16.7. The van der Waals surface area contributed by atoms with Crippen LogP contribution in [0.5, 0.6) is 0 Å². The summed E-state index contributed by atoms with van der Waals surface area (Å²) in [6.07, 6.45) is 4.08. The van der Waals surface area contributed by atoms with Crippen molar-refractivity contribution in [3.8, 4) is 0 Å². The van der Waals surface area contributed by atoms with E-state index in [1.54, 1.807) is 0 Å². The van der Waals surface area contributed by atoms with Crippen molar-refractivity contribution < 1.29 is 0 Å². The third-order valence-corrected chi connectivity index (χ3v) is 5.35. The number of hydrogen-bond acceptors (Lipinski definition) is 0. The molecule has 0 N–H and O–H groups in total. The van der Waals surface area contributed by atoms with Crippen molar-refractivity contribution in [1.29, 1.82) is 0 Å². The summed E-state index contributed by atoms with van der Waals surface area (Å²) in [6, 6.07) is 33.3. The zero-order valence-electron chi connectivity index (χ0n) is 14.6. The van der Waals surface area contributed by atoms with Gasteiger partial charge >= 0.3 is 0 Å². The third-order valence-electron chi connectivity index (χ3n) is 5.35. The first-order valence-electron chi connectivity index (χ1n) is 9.21. The summed E-state index contributed by atoms with van der Waals surface area (Å²) in [5.74, 6) is 0. The lowest BCUT2D eigenvalue weighted by Gasteiger charge is -2.43. The highest BCUT2D eigenvalue weighted by Gasteiger charge is 2.28. The van der Waals surface area contributed by atoms with Crippen LogP contribution in [0.3, 0.4) is 0 Å². The van der Waals surface area contributed by atoms with E-state index in [-0.39, 0.29) is 0 Å². The minimum atomic E-state index is -0.921.